The summed E-state index contributed by atoms with van der Waals surface area (Å²) in [6.07, 6.45) is 5.25. The molecule has 14 heavy (non-hydrogen) atoms. The van der Waals surface area contributed by atoms with Crippen LogP contribution in [-0.2, 0) is 11.8 Å². The largest absolute Gasteiger partial charge is 0.327 e. The number of rotatable bonds is 0. The second-order valence-corrected chi connectivity index (χ2v) is 4.48. The predicted octanol–water partition coefficient (Wildman–Crippen LogP) is -0.0857. The first kappa shape index (κ1) is 8.44. The molecule has 0 bridgehead atoms. The standard InChI is InChI=1S/C10H16N4/c11-9-5-8-7(6-13-14-8)10(9)1-3-12-4-2-10/h6,9,12H,1-5,11H2,(H,13,14)/t9-/m1/s1. The van der Waals surface area contributed by atoms with Crippen molar-refractivity contribution in [3.8, 4) is 0 Å². The third kappa shape index (κ3) is 0.925. The van der Waals surface area contributed by atoms with Gasteiger partial charge in [-0.15, -0.1) is 0 Å². The molecule has 0 unspecified atom stereocenters. The molecule has 0 saturated carbocycles. The fraction of sp³-hybridized carbons (Fsp3) is 0.700. The number of hydrogen-bond acceptors (Lipinski definition) is 3. The minimum absolute atomic E-state index is 0.216. The van der Waals surface area contributed by atoms with Gasteiger partial charge in [0, 0.05) is 29.1 Å². The van der Waals surface area contributed by atoms with Crippen LogP contribution in [0, 0.1) is 0 Å². The van der Waals surface area contributed by atoms with Gasteiger partial charge in [-0.2, -0.15) is 5.10 Å². The first-order valence-electron chi connectivity index (χ1n) is 5.32. The summed E-state index contributed by atoms with van der Waals surface area (Å²) in [5, 5.41) is 10.6. The van der Waals surface area contributed by atoms with Gasteiger partial charge in [-0.25, -0.2) is 0 Å². The quantitative estimate of drug-likeness (QED) is 0.538. The van der Waals surface area contributed by atoms with Gasteiger partial charge in [-0.3, -0.25) is 5.10 Å². The summed E-state index contributed by atoms with van der Waals surface area (Å²) >= 11 is 0. The third-order valence-electron chi connectivity index (χ3n) is 3.88. The van der Waals surface area contributed by atoms with Gasteiger partial charge in [0.25, 0.3) is 0 Å². The maximum Gasteiger partial charge on any atom is 0.0528 e. The predicted molar refractivity (Wildman–Crippen MR) is 54.0 cm³/mol. The van der Waals surface area contributed by atoms with Crippen LogP contribution in [0.3, 0.4) is 0 Å². The van der Waals surface area contributed by atoms with Crippen LogP contribution in [0.25, 0.3) is 0 Å². The molecule has 2 aliphatic rings. The number of fused-ring (bicyclic) bond motifs is 2. The average molecular weight is 192 g/mol. The molecule has 76 valence electrons. The van der Waals surface area contributed by atoms with Crippen LogP contribution in [0.5, 0.6) is 0 Å². The van der Waals surface area contributed by atoms with Crippen LogP contribution in [0.1, 0.15) is 24.1 Å². The Hall–Kier alpha value is -0.870. The molecule has 4 N–H and O–H groups in total. The highest BCUT2D eigenvalue weighted by atomic mass is 15.1. The van der Waals surface area contributed by atoms with Gasteiger partial charge in [0.15, 0.2) is 0 Å². The second kappa shape index (κ2) is 2.81. The van der Waals surface area contributed by atoms with E-state index in [-0.39, 0.29) is 11.5 Å². The number of nitrogens with two attached hydrogens (primary N) is 1. The molecule has 1 atom stereocenters. The Labute approximate surface area is 83.3 Å². The fourth-order valence-corrected chi connectivity index (χ4v) is 3.03. The Morgan fingerprint density at radius 2 is 2.21 bits per heavy atom. The molecule has 1 aromatic heterocycles. The summed E-state index contributed by atoms with van der Waals surface area (Å²) < 4.78 is 0. The highest BCUT2D eigenvalue weighted by molar-refractivity contribution is 5.37. The van der Waals surface area contributed by atoms with Gasteiger partial charge in [-0.05, 0) is 25.9 Å². The van der Waals surface area contributed by atoms with E-state index in [0.29, 0.717) is 0 Å². The summed E-state index contributed by atoms with van der Waals surface area (Å²) in [5.74, 6) is 0. The lowest BCUT2D eigenvalue weighted by Crippen LogP contribution is -2.49. The van der Waals surface area contributed by atoms with E-state index in [0.717, 1.165) is 32.4 Å². The molecule has 1 saturated heterocycles. The number of nitrogens with zero attached hydrogens (tertiary/aromatic N) is 1. The zero-order valence-corrected chi connectivity index (χ0v) is 8.21. The fourth-order valence-electron chi connectivity index (χ4n) is 3.03. The summed E-state index contributed by atoms with van der Waals surface area (Å²) in [7, 11) is 0. The van der Waals surface area contributed by atoms with Crippen molar-refractivity contribution >= 4 is 0 Å². The molecule has 1 fully saturated rings. The van der Waals surface area contributed by atoms with Crippen molar-refractivity contribution < 1.29 is 0 Å². The number of aromatic nitrogens is 2. The van der Waals surface area contributed by atoms with E-state index in [4.69, 9.17) is 5.73 Å². The Balaban J connectivity index is 2.05. The van der Waals surface area contributed by atoms with Crippen molar-refractivity contribution in [3.05, 3.63) is 17.5 Å². The lowest BCUT2D eigenvalue weighted by atomic mass is 9.72. The van der Waals surface area contributed by atoms with Crippen molar-refractivity contribution in [1.29, 1.82) is 0 Å². The molecule has 0 amide bonds. The minimum Gasteiger partial charge on any atom is -0.327 e. The smallest absolute Gasteiger partial charge is 0.0528 e. The van der Waals surface area contributed by atoms with Gasteiger partial charge in [-0.1, -0.05) is 0 Å². The van der Waals surface area contributed by atoms with Crippen molar-refractivity contribution in [2.45, 2.75) is 30.7 Å². The van der Waals surface area contributed by atoms with Crippen LogP contribution >= 0.6 is 0 Å². The second-order valence-electron chi connectivity index (χ2n) is 4.48. The molecule has 1 aliphatic heterocycles. The number of hydrogen-bond donors (Lipinski definition) is 3. The summed E-state index contributed by atoms with van der Waals surface area (Å²) in [6.45, 7) is 2.16. The monoisotopic (exact) mass is 192 g/mol. The Kier molecular flexibility index (Phi) is 1.69. The first-order valence-corrected chi connectivity index (χ1v) is 5.32. The Bertz CT molecular complexity index is 338. The summed E-state index contributed by atoms with van der Waals surface area (Å²) in [4.78, 5) is 0. The van der Waals surface area contributed by atoms with E-state index in [9.17, 15) is 0 Å². The van der Waals surface area contributed by atoms with Gasteiger partial charge >= 0.3 is 0 Å². The maximum atomic E-state index is 6.26. The number of H-pyrrole nitrogens is 1. The molecule has 2 heterocycles. The zero-order chi connectivity index (χ0) is 9.60. The lowest BCUT2D eigenvalue weighted by Gasteiger charge is -2.37. The number of aromatic amines is 1. The molecule has 3 rings (SSSR count). The molecule has 0 aromatic carbocycles. The Morgan fingerprint density at radius 3 is 3.00 bits per heavy atom. The van der Waals surface area contributed by atoms with E-state index in [1.807, 2.05) is 6.20 Å². The maximum absolute atomic E-state index is 6.26. The van der Waals surface area contributed by atoms with Crippen LogP contribution < -0.4 is 11.1 Å². The van der Waals surface area contributed by atoms with Crippen LogP contribution in [0.15, 0.2) is 6.20 Å². The third-order valence-corrected chi connectivity index (χ3v) is 3.88. The molecule has 4 nitrogen and oxygen atoms in total. The van der Waals surface area contributed by atoms with Crippen LogP contribution in [0.2, 0.25) is 0 Å². The summed E-state index contributed by atoms with van der Waals surface area (Å²) in [5.41, 5.74) is 9.12. The van der Waals surface area contributed by atoms with Crippen LogP contribution in [0.4, 0.5) is 0 Å². The molecule has 4 heteroatoms. The van der Waals surface area contributed by atoms with Crippen molar-refractivity contribution in [1.82, 2.24) is 15.5 Å². The molecular formula is C10H16N4. The topological polar surface area (TPSA) is 66.7 Å². The van der Waals surface area contributed by atoms with E-state index in [2.05, 4.69) is 15.5 Å². The van der Waals surface area contributed by atoms with Crippen LogP contribution in [-0.4, -0.2) is 29.3 Å². The average Bonchev–Trinajstić information content (AvgIpc) is 2.74. The van der Waals surface area contributed by atoms with Gasteiger partial charge in [0.2, 0.25) is 0 Å². The molecule has 1 aromatic rings. The zero-order valence-electron chi connectivity index (χ0n) is 8.21. The number of piperidine rings is 1. The van der Waals surface area contributed by atoms with Gasteiger partial charge in [0.05, 0.1) is 6.20 Å². The highest BCUT2D eigenvalue weighted by Crippen LogP contribution is 2.43. The normalized spacial score (nSPS) is 29.4. The first-order chi connectivity index (χ1) is 6.83. The molecule has 0 radical (unpaired) electrons. The Morgan fingerprint density at radius 1 is 1.43 bits per heavy atom. The van der Waals surface area contributed by atoms with E-state index in [1.165, 1.54) is 11.3 Å². The number of nitrogens with one attached hydrogen (secondary N) is 2. The van der Waals surface area contributed by atoms with Crippen molar-refractivity contribution in [2.24, 2.45) is 5.73 Å². The highest BCUT2D eigenvalue weighted by Gasteiger charge is 2.46. The summed E-state index contributed by atoms with van der Waals surface area (Å²) in [6, 6.07) is 0.286. The van der Waals surface area contributed by atoms with Gasteiger partial charge in [0.1, 0.15) is 0 Å². The molecular weight excluding hydrogens is 176 g/mol. The molecule has 1 spiro atoms. The van der Waals surface area contributed by atoms with Crippen molar-refractivity contribution in [2.75, 3.05) is 13.1 Å². The van der Waals surface area contributed by atoms with Gasteiger partial charge < -0.3 is 11.1 Å². The molecule has 1 aliphatic carbocycles. The van der Waals surface area contributed by atoms with Crippen molar-refractivity contribution in [3.63, 3.8) is 0 Å². The van der Waals surface area contributed by atoms with E-state index >= 15 is 0 Å². The van der Waals surface area contributed by atoms with E-state index < -0.39 is 0 Å². The SMILES string of the molecule is N[C@@H]1Cc2[nH]ncc2C12CCNCC2. The minimum atomic E-state index is 0.216. The lowest BCUT2D eigenvalue weighted by molar-refractivity contribution is 0.273. The van der Waals surface area contributed by atoms with E-state index in [1.54, 1.807) is 0 Å².